The van der Waals surface area contributed by atoms with Gasteiger partial charge in [0.2, 0.25) is 0 Å². The molecule has 0 aromatic rings. The van der Waals surface area contributed by atoms with Crippen LogP contribution in [-0.2, 0) is 22.5 Å². The molecule has 0 aliphatic rings. The maximum Gasteiger partial charge on any atom is 0.484 e. The lowest BCUT2D eigenvalue weighted by Crippen LogP contribution is -2.01. The van der Waals surface area contributed by atoms with Crippen LogP contribution in [0.25, 0.3) is 0 Å². The highest BCUT2D eigenvalue weighted by molar-refractivity contribution is 7.61. The minimum absolute atomic E-state index is 0.138. The van der Waals surface area contributed by atoms with Gasteiger partial charge in [-0.1, -0.05) is 46.6 Å². The van der Waals surface area contributed by atoms with Gasteiger partial charge in [0.25, 0.3) is 0 Å². The zero-order valence-electron chi connectivity index (χ0n) is 18.4. The fourth-order valence-electron chi connectivity index (χ4n) is 2.14. The summed E-state index contributed by atoms with van der Waals surface area (Å²) in [6.07, 6.45) is 10.9. The van der Waals surface area contributed by atoms with Crippen molar-refractivity contribution >= 4 is 15.6 Å². The van der Waals surface area contributed by atoms with Crippen LogP contribution in [0.4, 0.5) is 0 Å². The van der Waals surface area contributed by atoms with Gasteiger partial charge in [0.05, 0.1) is 13.2 Å². The number of hydrogen-bond acceptors (Lipinski definition) is 5. The van der Waals surface area contributed by atoms with Crippen LogP contribution in [0.5, 0.6) is 0 Å². The third-order valence-electron chi connectivity index (χ3n) is 3.72. The quantitative estimate of drug-likeness (QED) is 0.226. The van der Waals surface area contributed by atoms with E-state index in [0.717, 1.165) is 36.8 Å². The average Bonchev–Trinajstić information content (AvgIpc) is 2.52. The zero-order valence-corrected chi connectivity index (χ0v) is 20.2. The highest BCUT2D eigenvalue weighted by Crippen LogP contribution is 2.61. The minimum Gasteiger partial charge on any atom is -0.302 e. The molecule has 0 aromatic carbocycles. The zero-order chi connectivity index (χ0) is 22.5. The Labute approximate surface area is 175 Å². The van der Waals surface area contributed by atoms with Crippen molar-refractivity contribution in [2.75, 3.05) is 13.2 Å². The van der Waals surface area contributed by atoms with Gasteiger partial charge in [-0.15, -0.1) is 0 Å². The minimum atomic E-state index is -5.04. The molecule has 29 heavy (non-hydrogen) atoms. The monoisotopic (exact) mass is 450 g/mol. The fraction of sp³-hybridized carbons (Fsp3) is 0.600. The second kappa shape index (κ2) is 14.3. The topological polar surface area (TPSA) is 102 Å². The molecular weight excluding hydrogens is 414 g/mol. The van der Waals surface area contributed by atoms with Crippen LogP contribution in [-0.4, -0.2) is 23.0 Å². The molecule has 0 radical (unpaired) electrons. The van der Waals surface area contributed by atoms with Crippen LogP contribution >= 0.6 is 15.6 Å². The van der Waals surface area contributed by atoms with E-state index in [0.29, 0.717) is 0 Å². The maximum absolute atomic E-state index is 12.6. The standard InChI is InChI=1S/C20H36O7P2/c1-17(2)9-7-11-19(5)13-15-25-29(24,27-28(21,22)23)26-16-14-20(6)12-8-10-18(3)4/h9-10,13-14H,7-8,11-12,15-16H2,1-6H3,(H2,21,22,23)/b19-13+,20-14+. The molecule has 9 heteroatoms. The number of rotatable bonds is 14. The van der Waals surface area contributed by atoms with E-state index in [1.54, 1.807) is 12.2 Å². The van der Waals surface area contributed by atoms with Crippen molar-refractivity contribution in [2.24, 2.45) is 0 Å². The Morgan fingerprint density at radius 2 is 1.10 bits per heavy atom. The molecule has 0 aliphatic heterocycles. The fourth-order valence-corrected chi connectivity index (χ4v) is 4.15. The highest BCUT2D eigenvalue weighted by Gasteiger charge is 2.35. The Morgan fingerprint density at radius 1 is 0.724 bits per heavy atom. The van der Waals surface area contributed by atoms with E-state index in [-0.39, 0.29) is 13.2 Å². The number of phosphoric ester groups is 1. The summed E-state index contributed by atoms with van der Waals surface area (Å²) in [6, 6.07) is 0. The first-order valence-corrected chi connectivity index (χ1v) is 12.6. The predicted octanol–water partition coefficient (Wildman–Crippen LogP) is 6.62. The lowest BCUT2D eigenvalue weighted by molar-refractivity contribution is 0.159. The number of allylic oxidation sites excluding steroid dienone is 6. The van der Waals surface area contributed by atoms with Gasteiger partial charge in [-0.05, 0) is 67.2 Å². The summed E-state index contributed by atoms with van der Waals surface area (Å²) in [6.45, 7) is 11.6. The van der Waals surface area contributed by atoms with Crippen LogP contribution in [0.1, 0.15) is 67.2 Å². The van der Waals surface area contributed by atoms with Crippen LogP contribution in [0.3, 0.4) is 0 Å². The lowest BCUT2D eigenvalue weighted by atomic mass is 10.1. The molecule has 0 aliphatic carbocycles. The summed E-state index contributed by atoms with van der Waals surface area (Å²) in [5.74, 6) is 0. The van der Waals surface area contributed by atoms with E-state index in [9.17, 15) is 9.13 Å². The van der Waals surface area contributed by atoms with Crippen molar-refractivity contribution in [3.05, 3.63) is 46.6 Å². The van der Waals surface area contributed by atoms with Crippen molar-refractivity contribution in [2.45, 2.75) is 67.2 Å². The van der Waals surface area contributed by atoms with E-state index < -0.39 is 15.6 Å². The van der Waals surface area contributed by atoms with Crippen LogP contribution < -0.4 is 0 Å². The Bertz CT molecular complexity index is 660. The van der Waals surface area contributed by atoms with Gasteiger partial charge >= 0.3 is 15.6 Å². The van der Waals surface area contributed by atoms with Crippen LogP contribution in [0, 0.1) is 0 Å². The lowest BCUT2D eigenvalue weighted by Gasteiger charge is -2.17. The molecule has 0 bridgehead atoms. The summed E-state index contributed by atoms with van der Waals surface area (Å²) in [5, 5.41) is 0. The molecule has 0 unspecified atom stereocenters. The molecule has 0 aromatic heterocycles. The SMILES string of the molecule is CC(C)=CCC/C(C)=C/COP(=O)(OC/C=C(\C)CCC=C(C)C)OP(=O)(O)O. The van der Waals surface area contributed by atoms with Crippen LogP contribution in [0.15, 0.2) is 46.6 Å². The number of hydrogen-bond donors (Lipinski definition) is 2. The molecule has 0 saturated heterocycles. The summed E-state index contributed by atoms with van der Waals surface area (Å²) in [7, 11) is -9.45. The number of phosphoric acid groups is 2. The first-order valence-electron chi connectivity index (χ1n) is 9.57. The molecular formula is C20H36O7P2. The molecule has 0 fully saturated rings. The average molecular weight is 450 g/mol. The predicted molar refractivity (Wildman–Crippen MR) is 117 cm³/mol. The Morgan fingerprint density at radius 3 is 1.41 bits per heavy atom. The van der Waals surface area contributed by atoms with E-state index in [2.05, 4.69) is 16.5 Å². The maximum atomic E-state index is 12.6. The largest absolute Gasteiger partial charge is 0.484 e. The second-order valence-corrected chi connectivity index (χ2v) is 10.4. The Kier molecular flexibility index (Phi) is 13.9. The van der Waals surface area contributed by atoms with Crippen molar-refractivity contribution in [3.63, 3.8) is 0 Å². The highest BCUT2D eigenvalue weighted by atomic mass is 31.3. The van der Waals surface area contributed by atoms with Gasteiger partial charge in [0.15, 0.2) is 0 Å². The van der Waals surface area contributed by atoms with E-state index in [1.165, 1.54) is 11.1 Å². The van der Waals surface area contributed by atoms with Crippen molar-refractivity contribution in [3.8, 4) is 0 Å². The van der Waals surface area contributed by atoms with Crippen molar-refractivity contribution < 1.29 is 32.3 Å². The third-order valence-corrected chi connectivity index (χ3v) is 6.30. The van der Waals surface area contributed by atoms with Gasteiger partial charge in [0.1, 0.15) is 0 Å². The summed E-state index contributed by atoms with van der Waals surface area (Å²) < 4.78 is 38.2. The molecule has 2 N–H and O–H groups in total. The first-order chi connectivity index (χ1) is 13.3. The smallest absolute Gasteiger partial charge is 0.302 e. The van der Waals surface area contributed by atoms with E-state index >= 15 is 0 Å². The van der Waals surface area contributed by atoms with Gasteiger partial charge < -0.3 is 9.79 Å². The van der Waals surface area contributed by atoms with E-state index in [1.807, 2.05) is 41.5 Å². The molecule has 168 valence electrons. The van der Waals surface area contributed by atoms with Gasteiger partial charge in [-0.25, -0.2) is 9.13 Å². The second-order valence-electron chi connectivity index (χ2n) is 7.35. The van der Waals surface area contributed by atoms with Gasteiger partial charge in [-0.3, -0.25) is 9.05 Å². The first kappa shape index (κ1) is 28.2. The van der Waals surface area contributed by atoms with Crippen molar-refractivity contribution in [1.82, 2.24) is 0 Å². The molecule has 0 heterocycles. The third kappa shape index (κ3) is 17.8. The van der Waals surface area contributed by atoms with Gasteiger partial charge in [-0.2, -0.15) is 4.31 Å². The Balaban J connectivity index is 4.81. The van der Waals surface area contributed by atoms with Gasteiger partial charge in [0, 0.05) is 0 Å². The Hall–Kier alpha value is -0.780. The molecule has 0 amide bonds. The van der Waals surface area contributed by atoms with Crippen LogP contribution in [0.2, 0.25) is 0 Å². The molecule has 7 nitrogen and oxygen atoms in total. The molecule has 0 spiro atoms. The van der Waals surface area contributed by atoms with Crippen molar-refractivity contribution in [1.29, 1.82) is 0 Å². The molecule has 0 saturated carbocycles. The normalized spacial score (nSPS) is 15.0. The summed E-state index contributed by atoms with van der Waals surface area (Å²) >= 11 is 0. The molecule has 0 atom stereocenters. The summed E-state index contributed by atoms with van der Waals surface area (Å²) in [4.78, 5) is 18.0. The molecule has 0 rings (SSSR count). The summed E-state index contributed by atoms with van der Waals surface area (Å²) in [5.41, 5.74) is 4.46. The van der Waals surface area contributed by atoms with E-state index in [4.69, 9.17) is 18.8 Å².